The average molecular weight is 330 g/mol. The number of benzene rings is 1. The van der Waals surface area contributed by atoms with Crippen molar-refractivity contribution in [1.29, 1.82) is 0 Å². The molecule has 2 aromatic rings. The van der Waals surface area contributed by atoms with Crippen LogP contribution in [0.3, 0.4) is 0 Å². The molecule has 0 saturated heterocycles. The van der Waals surface area contributed by atoms with Crippen LogP contribution in [0.1, 0.15) is 19.0 Å². The summed E-state index contributed by atoms with van der Waals surface area (Å²) >= 11 is 9.54. The molecule has 0 bridgehead atoms. The van der Waals surface area contributed by atoms with E-state index in [-0.39, 0.29) is 0 Å². The summed E-state index contributed by atoms with van der Waals surface area (Å²) in [5.74, 6) is 0. The van der Waals surface area contributed by atoms with E-state index in [4.69, 9.17) is 11.6 Å². The molecule has 0 saturated carbocycles. The fraction of sp³-hybridized carbons (Fsp3) is 0.333. The van der Waals surface area contributed by atoms with E-state index < -0.39 is 0 Å². The third-order valence-electron chi connectivity index (χ3n) is 2.43. The lowest BCUT2D eigenvalue weighted by molar-refractivity contribution is 0.662. The smallest absolute Gasteiger partial charge is 0.0969 e. The topological polar surface area (TPSA) is 42.7 Å². The van der Waals surface area contributed by atoms with Crippen LogP contribution in [0.2, 0.25) is 5.02 Å². The van der Waals surface area contributed by atoms with Gasteiger partial charge in [0.1, 0.15) is 0 Å². The van der Waals surface area contributed by atoms with Crippen LogP contribution < -0.4 is 5.32 Å². The van der Waals surface area contributed by atoms with Crippen molar-refractivity contribution in [2.24, 2.45) is 0 Å². The van der Waals surface area contributed by atoms with Crippen LogP contribution in [0.5, 0.6) is 0 Å². The van der Waals surface area contributed by atoms with Crippen LogP contribution in [0.4, 0.5) is 0 Å². The highest BCUT2D eigenvalue weighted by atomic mass is 79.9. The first kappa shape index (κ1) is 13.5. The van der Waals surface area contributed by atoms with Crippen molar-refractivity contribution < 1.29 is 0 Å². The van der Waals surface area contributed by atoms with E-state index >= 15 is 0 Å². The Labute approximate surface area is 119 Å². The number of hydrogen-bond donors (Lipinski definition) is 1. The zero-order chi connectivity index (χ0) is 13.0. The van der Waals surface area contributed by atoms with Crippen LogP contribution >= 0.6 is 27.5 Å². The van der Waals surface area contributed by atoms with Gasteiger partial charge in [-0.15, -0.1) is 5.10 Å². The molecule has 0 radical (unpaired) electrons. The maximum Gasteiger partial charge on any atom is 0.0969 e. The number of nitrogens with zero attached hydrogens (tertiary/aromatic N) is 3. The summed E-state index contributed by atoms with van der Waals surface area (Å²) in [6.45, 7) is 3.83. The van der Waals surface area contributed by atoms with Gasteiger partial charge in [0.15, 0.2) is 0 Å². The molecule has 6 heteroatoms. The molecule has 1 aromatic heterocycles. The lowest BCUT2D eigenvalue weighted by atomic mass is 10.3. The lowest BCUT2D eigenvalue weighted by Crippen LogP contribution is -2.13. The maximum atomic E-state index is 6.17. The molecule has 96 valence electrons. The highest BCUT2D eigenvalue weighted by Gasteiger charge is 2.06. The third-order valence-corrected chi connectivity index (χ3v) is 3.23. The molecular formula is C12H14BrClN4. The van der Waals surface area contributed by atoms with Gasteiger partial charge in [0.25, 0.3) is 0 Å². The molecule has 18 heavy (non-hydrogen) atoms. The van der Waals surface area contributed by atoms with Crippen molar-refractivity contribution in [3.8, 4) is 5.69 Å². The first-order valence-corrected chi connectivity index (χ1v) is 6.95. The van der Waals surface area contributed by atoms with Gasteiger partial charge in [0.05, 0.1) is 22.6 Å². The lowest BCUT2D eigenvalue weighted by Gasteiger charge is -2.03. The highest BCUT2D eigenvalue weighted by molar-refractivity contribution is 9.10. The van der Waals surface area contributed by atoms with Crippen LogP contribution in [-0.2, 0) is 6.54 Å². The second-order valence-corrected chi connectivity index (χ2v) is 5.25. The van der Waals surface area contributed by atoms with Crippen molar-refractivity contribution in [2.45, 2.75) is 19.9 Å². The van der Waals surface area contributed by atoms with Gasteiger partial charge in [-0.2, -0.15) is 0 Å². The Kier molecular flexibility index (Phi) is 4.74. The first-order valence-electron chi connectivity index (χ1n) is 5.78. The van der Waals surface area contributed by atoms with Crippen molar-refractivity contribution >= 4 is 27.5 Å². The molecule has 0 atom stereocenters. The number of halogens is 2. The van der Waals surface area contributed by atoms with Gasteiger partial charge in [0, 0.05) is 11.0 Å². The monoisotopic (exact) mass is 328 g/mol. The zero-order valence-electron chi connectivity index (χ0n) is 10.0. The first-order chi connectivity index (χ1) is 8.70. The number of nitrogens with one attached hydrogen (secondary N) is 1. The van der Waals surface area contributed by atoms with Crippen LogP contribution in [0.15, 0.2) is 28.9 Å². The Balaban J connectivity index is 2.13. The quantitative estimate of drug-likeness (QED) is 0.857. The predicted octanol–water partition coefficient (Wildman–Crippen LogP) is 3.18. The van der Waals surface area contributed by atoms with Crippen LogP contribution in [0.25, 0.3) is 5.69 Å². The summed E-state index contributed by atoms with van der Waals surface area (Å²) in [5.41, 5.74) is 1.73. The van der Waals surface area contributed by atoms with E-state index in [0.29, 0.717) is 5.02 Å². The Morgan fingerprint density at radius 2 is 2.28 bits per heavy atom. The molecule has 1 heterocycles. The summed E-state index contributed by atoms with van der Waals surface area (Å²) in [6, 6.07) is 5.68. The second-order valence-electron chi connectivity index (χ2n) is 3.93. The highest BCUT2D eigenvalue weighted by Crippen LogP contribution is 2.23. The molecule has 1 aromatic carbocycles. The minimum Gasteiger partial charge on any atom is -0.311 e. The largest absolute Gasteiger partial charge is 0.311 e. The molecule has 2 rings (SSSR count). The van der Waals surface area contributed by atoms with E-state index in [9.17, 15) is 0 Å². The summed E-state index contributed by atoms with van der Waals surface area (Å²) in [4.78, 5) is 0. The number of hydrogen-bond acceptors (Lipinski definition) is 3. The average Bonchev–Trinajstić information content (AvgIpc) is 2.78. The molecule has 0 amide bonds. The van der Waals surface area contributed by atoms with E-state index in [1.54, 1.807) is 4.68 Å². The van der Waals surface area contributed by atoms with Gasteiger partial charge in [-0.1, -0.05) is 39.7 Å². The fourth-order valence-electron chi connectivity index (χ4n) is 1.56. The number of aromatic nitrogens is 3. The fourth-order valence-corrected chi connectivity index (χ4v) is 2.32. The van der Waals surface area contributed by atoms with E-state index in [1.165, 1.54) is 0 Å². The van der Waals surface area contributed by atoms with Crippen molar-refractivity contribution in [2.75, 3.05) is 6.54 Å². The van der Waals surface area contributed by atoms with E-state index in [0.717, 1.165) is 35.4 Å². The summed E-state index contributed by atoms with van der Waals surface area (Å²) in [6.07, 6.45) is 2.99. The standard InChI is InChI=1S/C12H14BrClN4/c1-2-5-15-7-10-8-18(17-16-10)12-4-3-9(13)6-11(12)14/h3-4,6,8,15H,2,5,7H2,1H3. The van der Waals surface area contributed by atoms with Crippen molar-refractivity contribution in [3.63, 3.8) is 0 Å². The number of rotatable bonds is 5. The summed E-state index contributed by atoms with van der Waals surface area (Å²) in [5, 5.41) is 12.1. The van der Waals surface area contributed by atoms with Crippen LogP contribution in [-0.4, -0.2) is 21.5 Å². The zero-order valence-corrected chi connectivity index (χ0v) is 12.4. The Bertz CT molecular complexity index is 527. The molecule has 0 aliphatic rings. The van der Waals surface area contributed by atoms with Gasteiger partial charge in [-0.25, -0.2) is 4.68 Å². The molecule has 0 fully saturated rings. The molecule has 4 nitrogen and oxygen atoms in total. The summed E-state index contributed by atoms with van der Waals surface area (Å²) < 4.78 is 2.64. The molecule has 0 aliphatic heterocycles. The summed E-state index contributed by atoms with van der Waals surface area (Å²) in [7, 11) is 0. The Morgan fingerprint density at radius 3 is 3.00 bits per heavy atom. The van der Waals surface area contributed by atoms with Gasteiger partial charge < -0.3 is 5.32 Å². The SMILES string of the molecule is CCCNCc1cn(-c2ccc(Br)cc2Cl)nn1. The van der Waals surface area contributed by atoms with Crippen molar-refractivity contribution in [3.05, 3.63) is 39.6 Å². The predicted molar refractivity (Wildman–Crippen MR) is 76.1 cm³/mol. The van der Waals surface area contributed by atoms with Gasteiger partial charge in [-0.3, -0.25) is 0 Å². The molecule has 0 spiro atoms. The Morgan fingerprint density at radius 1 is 1.44 bits per heavy atom. The minimum absolute atomic E-state index is 0.641. The van der Waals surface area contributed by atoms with Gasteiger partial charge in [-0.05, 0) is 31.2 Å². The molecule has 0 unspecified atom stereocenters. The molecule has 1 N–H and O–H groups in total. The normalized spacial score (nSPS) is 10.8. The van der Waals surface area contributed by atoms with Gasteiger partial charge in [0.2, 0.25) is 0 Å². The van der Waals surface area contributed by atoms with Crippen LogP contribution in [0, 0.1) is 0 Å². The van der Waals surface area contributed by atoms with E-state index in [1.807, 2.05) is 24.4 Å². The van der Waals surface area contributed by atoms with Gasteiger partial charge >= 0.3 is 0 Å². The minimum atomic E-state index is 0.641. The molecule has 0 aliphatic carbocycles. The van der Waals surface area contributed by atoms with E-state index in [2.05, 4.69) is 38.5 Å². The Hall–Kier alpha value is -0.910. The molecular weight excluding hydrogens is 316 g/mol. The maximum absolute atomic E-state index is 6.17. The third kappa shape index (κ3) is 3.31. The second kappa shape index (κ2) is 6.31. The van der Waals surface area contributed by atoms with Crippen molar-refractivity contribution in [1.82, 2.24) is 20.3 Å².